The van der Waals surface area contributed by atoms with E-state index in [1.54, 1.807) is 6.92 Å². The van der Waals surface area contributed by atoms with Crippen LogP contribution in [0.3, 0.4) is 0 Å². The Morgan fingerprint density at radius 1 is 1.28 bits per heavy atom. The van der Waals surface area contributed by atoms with Crippen molar-refractivity contribution >= 4 is 12.0 Å². The molecule has 1 saturated carbocycles. The average molecular weight is 356 g/mol. The predicted molar refractivity (Wildman–Crippen MR) is 86.4 cm³/mol. The van der Waals surface area contributed by atoms with Crippen molar-refractivity contribution in [2.75, 3.05) is 6.61 Å². The van der Waals surface area contributed by atoms with Gasteiger partial charge in [0.05, 0.1) is 12.0 Å². The van der Waals surface area contributed by atoms with E-state index in [0.717, 1.165) is 12.1 Å². The van der Waals surface area contributed by atoms with Crippen molar-refractivity contribution in [2.24, 2.45) is 5.92 Å². The third kappa shape index (κ3) is 5.88. The van der Waals surface area contributed by atoms with E-state index in [2.05, 4.69) is 10.6 Å². The Bertz CT molecular complexity index is 619. The number of hydrogen-bond acceptors (Lipinski definition) is 3. The highest BCUT2D eigenvalue weighted by Gasteiger charge is 2.26. The van der Waals surface area contributed by atoms with E-state index >= 15 is 0 Å². The first-order valence-electron chi connectivity index (χ1n) is 8.23. The number of rotatable bonds is 6. The van der Waals surface area contributed by atoms with E-state index in [1.807, 2.05) is 0 Å². The molecule has 2 rings (SSSR count). The zero-order chi connectivity index (χ0) is 18.4. The fourth-order valence-electron chi connectivity index (χ4n) is 2.78. The summed E-state index contributed by atoms with van der Waals surface area (Å²) in [6.45, 7) is 1.73. The average Bonchev–Trinajstić information content (AvgIpc) is 2.54. The number of urea groups is 1. The molecule has 1 aromatic carbocycles. The second-order valence-corrected chi connectivity index (χ2v) is 6.29. The minimum Gasteiger partial charge on any atom is -0.488 e. The number of aliphatic carboxylic acids is 1. The lowest BCUT2D eigenvalue weighted by molar-refractivity contribution is -0.142. The smallest absolute Gasteiger partial charge is 0.315 e. The molecule has 1 atom stereocenters. The van der Waals surface area contributed by atoms with Crippen LogP contribution < -0.4 is 15.4 Å². The molecule has 3 N–H and O–H groups in total. The zero-order valence-corrected chi connectivity index (χ0v) is 13.9. The molecule has 0 aliphatic heterocycles. The Morgan fingerprint density at radius 2 is 1.96 bits per heavy atom. The van der Waals surface area contributed by atoms with E-state index in [9.17, 15) is 18.4 Å². The summed E-state index contributed by atoms with van der Waals surface area (Å²) >= 11 is 0. The molecule has 25 heavy (non-hydrogen) atoms. The van der Waals surface area contributed by atoms with Crippen LogP contribution in [-0.2, 0) is 4.79 Å². The normalized spacial score (nSPS) is 21.2. The maximum absolute atomic E-state index is 13.5. The first kappa shape index (κ1) is 19.0. The van der Waals surface area contributed by atoms with Gasteiger partial charge in [-0.15, -0.1) is 0 Å². The summed E-state index contributed by atoms with van der Waals surface area (Å²) in [6, 6.07) is 2.19. The zero-order valence-electron chi connectivity index (χ0n) is 13.9. The molecule has 138 valence electrons. The van der Waals surface area contributed by atoms with Gasteiger partial charge >= 0.3 is 12.0 Å². The fourth-order valence-corrected chi connectivity index (χ4v) is 2.78. The summed E-state index contributed by atoms with van der Waals surface area (Å²) < 4.78 is 31.5. The number of carbonyl (C=O) groups is 2. The Balaban J connectivity index is 1.70. The number of carboxylic acids is 1. The van der Waals surface area contributed by atoms with Gasteiger partial charge < -0.3 is 20.5 Å². The van der Waals surface area contributed by atoms with E-state index in [-0.39, 0.29) is 36.4 Å². The first-order chi connectivity index (χ1) is 11.8. The molecule has 1 aromatic rings. The van der Waals surface area contributed by atoms with Gasteiger partial charge in [-0.3, -0.25) is 4.79 Å². The van der Waals surface area contributed by atoms with Gasteiger partial charge in [0.1, 0.15) is 12.4 Å². The molecule has 6 nitrogen and oxygen atoms in total. The lowest BCUT2D eigenvalue weighted by Crippen LogP contribution is -2.48. The summed E-state index contributed by atoms with van der Waals surface area (Å²) in [5.41, 5.74) is 0. The molecule has 2 amide bonds. The van der Waals surface area contributed by atoms with Crippen molar-refractivity contribution in [1.82, 2.24) is 10.6 Å². The van der Waals surface area contributed by atoms with Crippen LogP contribution in [0.4, 0.5) is 13.6 Å². The van der Waals surface area contributed by atoms with Crippen LogP contribution in [0, 0.1) is 17.6 Å². The van der Waals surface area contributed by atoms with Crippen LogP contribution in [0.2, 0.25) is 0 Å². The molecule has 0 heterocycles. The van der Waals surface area contributed by atoms with Gasteiger partial charge in [0.25, 0.3) is 0 Å². The monoisotopic (exact) mass is 356 g/mol. The van der Waals surface area contributed by atoms with Gasteiger partial charge in [0.2, 0.25) is 0 Å². The molecule has 1 fully saturated rings. The molecule has 0 bridgehead atoms. The summed E-state index contributed by atoms with van der Waals surface area (Å²) in [4.78, 5) is 22.8. The van der Waals surface area contributed by atoms with Gasteiger partial charge in [-0.25, -0.2) is 13.6 Å². The van der Waals surface area contributed by atoms with E-state index < -0.39 is 17.6 Å². The van der Waals surface area contributed by atoms with Crippen LogP contribution in [0.5, 0.6) is 5.75 Å². The maximum atomic E-state index is 13.5. The second-order valence-electron chi connectivity index (χ2n) is 6.29. The Morgan fingerprint density at radius 3 is 2.56 bits per heavy atom. The van der Waals surface area contributed by atoms with Crippen molar-refractivity contribution in [3.8, 4) is 5.75 Å². The van der Waals surface area contributed by atoms with Gasteiger partial charge in [-0.2, -0.15) is 0 Å². The number of halogens is 2. The molecule has 1 unspecified atom stereocenters. The number of amides is 2. The lowest BCUT2D eigenvalue weighted by atomic mass is 9.86. The second kappa shape index (κ2) is 8.64. The van der Waals surface area contributed by atoms with Crippen molar-refractivity contribution in [2.45, 2.75) is 44.7 Å². The van der Waals surface area contributed by atoms with Crippen LogP contribution in [0.25, 0.3) is 0 Å². The molecule has 1 aliphatic rings. The Hall–Kier alpha value is -2.38. The lowest BCUT2D eigenvalue weighted by Gasteiger charge is -2.27. The largest absolute Gasteiger partial charge is 0.488 e. The van der Waals surface area contributed by atoms with E-state index in [0.29, 0.717) is 25.7 Å². The third-order valence-electron chi connectivity index (χ3n) is 4.17. The molecule has 0 saturated heterocycles. The Labute approximate surface area is 144 Å². The molecular formula is C17H22F2N2O4. The topological polar surface area (TPSA) is 87.7 Å². The molecule has 0 spiro atoms. The minimum absolute atomic E-state index is 0.0295. The summed E-state index contributed by atoms with van der Waals surface area (Å²) in [5, 5.41) is 14.4. The highest BCUT2D eigenvalue weighted by Crippen LogP contribution is 2.24. The highest BCUT2D eigenvalue weighted by molar-refractivity contribution is 5.74. The number of ether oxygens (including phenoxy) is 1. The molecule has 1 aliphatic carbocycles. The third-order valence-corrected chi connectivity index (χ3v) is 4.17. The van der Waals surface area contributed by atoms with Crippen molar-refractivity contribution in [3.05, 3.63) is 29.8 Å². The van der Waals surface area contributed by atoms with Crippen LogP contribution in [-0.4, -0.2) is 35.8 Å². The number of hydrogen-bond donors (Lipinski definition) is 3. The molecular weight excluding hydrogens is 334 g/mol. The van der Waals surface area contributed by atoms with E-state index in [1.165, 1.54) is 6.07 Å². The summed E-state index contributed by atoms with van der Waals surface area (Å²) in [6.07, 6.45) is 2.33. The van der Waals surface area contributed by atoms with Gasteiger partial charge in [-0.1, -0.05) is 0 Å². The summed E-state index contributed by atoms with van der Waals surface area (Å²) in [5.74, 6) is -2.69. The van der Waals surface area contributed by atoms with E-state index in [4.69, 9.17) is 9.84 Å². The minimum atomic E-state index is -0.799. The predicted octanol–water partition coefficient (Wildman–Crippen LogP) is 2.67. The summed E-state index contributed by atoms with van der Waals surface area (Å²) in [7, 11) is 0. The number of carbonyl (C=O) groups excluding carboxylic acids is 1. The van der Waals surface area contributed by atoms with Crippen molar-refractivity contribution in [1.29, 1.82) is 0 Å². The standard InChI is InChI=1S/C17H22F2N2O4/c1-10(9-25-15-7-4-12(18)8-14(15)19)20-17(24)21-13-5-2-11(3-6-13)16(22)23/h4,7-8,10-11,13H,2-3,5-6,9H2,1H3,(H,22,23)(H2,20,21,24). The molecule has 0 aromatic heterocycles. The fraction of sp³-hybridized carbons (Fsp3) is 0.529. The quantitative estimate of drug-likeness (QED) is 0.731. The molecule has 8 heteroatoms. The van der Waals surface area contributed by atoms with Crippen LogP contribution in [0.1, 0.15) is 32.6 Å². The number of benzene rings is 1. The highest BCUT2D eigenvalue weighted by atomic mass is 19.1. The van der Waals surface area contributed by atoms with Crippen molar-refractivity contribution in [3.63, 3.8) is 0 Å². The number of carboxylic acid groups (broad SMARTS) is 1. The van der Waals surface area contributed by atoms with Gasteiger partial charge in [0, 0.05) is 12.1 Å². The maximum Gasteiger partial charge on any atom is 0.315 e. The SMILES string of the molecule is CC(COc1ccc(F)cc1F)NC(=O)NC1CCC(C(=O)O)CC1. The van der Waals surface area contributed by atoms with Gasteiger partial charge in [0.15, 0.2) is 11.6 Å². The van der Waals surface area contributed by atoms with Crippen LogP contribution >= 0.6 is 0 Å². The number of nitrogens with one attached hydrogen (secondary N) is 2. The first-order valence-corrected chi connectivity index (χ1v) is 8.23. The van der Waals surface area contributed by atoms with Gasteiger partial charge in [-0.05, 0) is 44.7 Å². The Kier molecular flexibility index (Phi) is 6.55. The van der Waals surface area contributed by atoms with Crippen molar-refractivity contribution < 1.29 is 28.2 Å². The molecule has 0 radical (unpaired) electrons. The van der Waals surface area contributed by atoms with Crippen LogP contribution in [0.15, 0.2) is 18.2 Å².